The largest absolute Gasteiger partial charge is 0.264 e. The highest BCUT2D eigenvalue weighted by atomic mass is 19.1. The SMILES string of the molecule is C=Nc1c(C)cc(F)cc1C. The summed E-state index contributed by atoms with van der Waals surface area (Å²) in [7, 11) is 0. The van der Waals surface area contributed by atoms with Crippen LogP contribution in [-0.4, -0.2) is 6.72 Å². The van der Waals surface area contributed by atoms with Crippen molar-refractivity contribution in [3.05, 3.63) is 29.1 Å². The predicted octanol–water partition coefficient (Wildman–Crippen LogP) is 2.77. The molecule has 0 aliphatic rings. The van der Waals surface area contributed by atoms with Gasteiger partial charge in [-0.1, -0.05) is 0 Å². The van der Waals surface area contributed by atoms with Gasteiger partial charge in [0.15, 0.2) is 0 Å². The minimum atomic E-state index is -0.215. The first kappa shape index (κ1) is 7.92. The summed E-state index contributed by atoms with van der Waals surface area (Å²) in [6.07, 6.45) is 0. The van der Waals surface area contributed by atoms with Crippen molar-refractivity contribution in [2.75, 3.05) is 0 Å². The molecule has 1 nitrogen and oxygen atoms in total. The molecule has 0 aliphatic carbocycles. The molecular weight excluding hydrogens is 141 g/mol. The van der Waals surface area contributed by atoms with E-state index in [2.05, 4.69) is 11.7 Å². The van der Waals surface area contributed by atoms with Gasteiger partial charge in [0.2, 0.25) is 0 Å². The fraction of sp³-hybridized carbons (Fsp3) is 0.222. The third kappa shape index (κ3) is 1.45. The standard InChI is InChI=1S/C9H10FN/c1-6-4-8(10)5-7(2)9(6)11-3/h4-5H,3H2,1-2H3. The van der Waals surface area contributed by atoms with Crippen LogP contribution in [0.15, 0.2) is 17.1 Å². The van der Waals surface area contributed by atoms with E-state index in [1.165, 1.54) is 12.1 Å². The Hall–Kier alpha value is -1.18. The molecule has 1 aromatic carbocycles. The van der Waals surface area contributed by atoms with E-state index in [0.717, 1.165) is 16.8 Å². The van der Waals surface area contributed by atoms with Crippen LogP contribution in [0.2, 0.25) is 0 Å². The number of aryl methyl sites for hydroxylation is 2. The highest BCUT2D eigenvalue weighted by Gasteiger charge is 2.01. The molecule has 0 saturated heterocycles. The highest BCUT2D eigenvalue weighted by molar-refractivity contribution is 5.56. The van der Waals surface area contributed by atoms with E-state index in [4.69, 9.17) is 0 Å². The van der Waals surface area contributed by atoms with Crippen LogP contribution in [0.3, 0.4) is 0 Å². The fourth-order valence-electron chi connectivity index (χ4n) is 1.15. The molecule has 0 aromatic heterocycles. The number of rotatable bonds is 1. The zero-order valence-corrected chi connectivity index (χ0v) is 6.69. The van der Waals surface area contributed by atoms with Crippen molar-refractivity contribution < 1.29 is 4.39 Å². The van der Waals surface area contributed by atoms with Crippen molar-refractivity contribution >= 4 is 12.4 Å². The highest BCUT2D eigenvalue weighted by Crippen LogP contribution is 2.23. The third-order valence-electron chi connectivity index (χ3n) is 1.61. The van der Waals surface area contributed by atoms with Gasteiger partial charge in [-0.3, -0.25) is 4.99 Å². The second-order valence-electron chi connectivity index (χ2n) is 2.55. The number of hydrogen-bond acceptors (Lipinski definition) is 1. The summed E-state index contributed by atoms with van der Waals surface area (Å²) >= 11 is 0. The van der Waals surface area contributed by atoms with Crippen LogP contribution in [0.1, 0.15) is 11.1 Å². The molecule has 58 valence electrons. The van der Waals surface area contributed by atoms with Crippen LogP contribution in [0.5, 0.6) is 0 Å². The lowest BCUT2D eigenvalue weighted by atomic mass is 10.1. The normalized spacial score (nSPS) is 9.73. The lowest BCUT2D eigenvalue weighted by molar-refractivity contribution is 0.625. The Bertz CT molecular complexity index is 269. The first-order valence-electron chi connectivity index (χ1n) is 3.38. The van der Waals surface area contributed by atoms with Gasteiger partial charge in [0.05, 0.1) is 5.69 Å². The van der Waals surface area contributed by atoms with Crippen LogP contribution >= 0.6 is 0 Å². The maximum atomic E-state index is 12.7. The summed E-state index contributed by atoms with van der Waals surface area (Å²) in [4.78, 5) is 3.79. The number of hydrogen-bond donors (Lipinski definition) is 0. The van der Waals surface area contributed by atoms with Gasteiger partial charge in [-0.25, -0.2) is 4.39 Å². The van der Waals surface area contributed by atoms with Crippen molar-refractivity contribution in [2.45, 2.75) is 13.8 Å². The van der Waals surface area contributed by atoms with E-state index in [1.54, 1.807) is 0 Å². The summed E-state index contributed by atoms with van der Waals surface area (Å²) < 4.78 is 12.7. The van der Waals surface area contributed by atoms with Gasteiger partial charge in [0.1, 0.15) is 5.82 Å². The van der Waals surface area contributed by atoms with Crippen LogP contribution in [0.25, 0.3) is 0 Å². The Morgan fingerprint density at radius 1 is 1.27 bits per heavy atom. The average Bonchev–Trinajstić information content (AvgIpc) is 1.85. The van der Waals surface area contributed by atoms with E-state index < -0.39 is 0 Å². The van der Waals surface area contributed by atoms with Crippen molar-refractivity contribution in [2.24, 2.45) is 4.99 Å². The van der Waals surface area contributed by atoms with Crippen molar-refractivity contribution in [1.29, 1.82) is 0 Å². The molecule has 0 aliphatic heterocycles. The molecule has 0 unspecified atom stereocenters. The fourth-order valence-corrected chi connectivity index (χ4v) is 1.15. The van der Waals surface area contributed by atoms with E-state index >= 15 is 0 Å². The molecule has 0 atom stereocenters. The molecule has 0 N–H and O–H groups in total. The van der Waals surface area contributed by atoms with E-state index in [-0.39, 0.29) is 5.82 Å². The Morgan fingerprint density at radius 2 is 1.73 bits per heavy atom. The quantitative estimate of drug-likeness (QED) is 0.547. The number of aliphatic imine (C=N–C) groups is 1. The van der Waals surface area contributed by atoms with E-state index in [9.17, 15) is 4.39 Å². The van der Waals surface area contributed by atoms with Gasteiger partial charge in [-0.15, -0.1) is 0 Å². The summed E-state index contributed by atoms with van der Waals surface area (Å²) in [5, 5.41) is 0. The minimum Gasteiger partial charge on any atom is -0.264 e. The maximum Gasteiger partial charge on any atom is 0.123 e. The van der Waals surface area contributed by atoms with Gasteiger partial charge >= 0.3 is 0 Å². The smallest absolute Gasteiger partial charge is 0.123 e. The summed E-state index contributed by atoms with van der Waals surface area (Å²) in [5.74, 6) is -0.215. The van der Waals surface area contributed by atoms with Gasteiger partial charge < -0.3 is 0 Å². The van der Waals surface area contributed by atoms with Gasteiger partial charge in [-0.2, -0.15) is 0 Å². The molecule has 1 rings (SSSR count). The number of halogens is 1. The van der Waals surface area contributed by atoms with Gasteiger partial charge in [-0.05, 0) is 43.8 Å². The Balaban J connectivity index is 3.36. The molecule has 0 saturated carbocycles. The second kappa shape index (κ2) is 2.82. The summed E-state index contributed by atoms with van der Waals surface area (Å²) in [5.41, 5.74) is 2.45. The Morgan fingerprint density at radius 3 is 2.09 bits per heavy atom. The Kier molecular flexibility index (Phi) is 2.03. The third-order valence-corrected chi connectivity index (χ3v) is 1.61. The van der Waals surface area contributed by atoms with Crippen LogP contribution in [0, 0.1) is 19.7 Å². The average molecular weight is 151 g/mol. The molecule has 0 radical (unpaired) electrons. The predicted molar refractivity (Wildman–Crippen MR) is 45.1 cm³/mol. The van der Waals surface area contributed by atoms with E-state index in [0.29, 0.717) is 0 Å². The maximum absolute atomic E-state index is 12.7. The lowest BCUT2D eigenvalue weighted by Crippen LogP contribution is -1.83. The molecular formula is C9H10FN. The minimum absolute atomic E-state index is 0.215. The lowest BCUT2D eigenvalue weighted by Gasteiger charge is -2.02. The molecule has 1 aromatic rings. The second-order valence-corrected chi connectivity index (χ2v) is 2.55. The number of nitrogens with zero attached hydrogens (tertiary/aromatic N) is 1. The molecule has 0 heterocycles. The summed E-state index contributed by atoms with van der Waals surface area (Å²) in [6.45, 7) is 7.05. The first-order chi connectivity index (χ1) is 5.15. The molecule has 11 heavy (non-hydrogen) atoms. The van der Waals surface area contributed by atoms with E-state index in [1.807, 2.05) is 13.8 Å². The first-order valence-corrected chi connectivity index (χ1v) is 3.38. The van der Waals surface area contributed by atoms with Crippen LogP contribution < -0.4 is 0 Å². The molecule has 0 spiro atoms. The Labute approximate surface area is 65.6 Å². The van der Waals surface area contributed by atoms with Crippen LogP contribution in [0.4, 0.5) is 10.1 Å². The molecule has 0 fully saturated rings. The molecule has 0 amide bonds. The zero-order chi connectivity index (χ0) is 8.43. The van der Waals surface area contributed by atoms with Crippen molar-refractivity contribution in [3.8, 4) is 0 Å². The van der Waals surface area contributed by atoms with Gasteiger partial charge in [0.25, 0.3) is 0 Å². The van der Waals surface area contributed by atoms with Crippen molar-refractivity contribution in [3.63, 3.8) is 0 Å². The molecule has 2 heteroatoms. The monoisotopic (exact) mass is 151 g/mol. The number of benzene rings is 1. The topological polar surface area (TPSA) is 12.4 Å². The zero-order valence-electron chi connectivity index (χ0n) is 6.69. The van der Waals surface area contributed by atoms with Crippen LogP contribution in [-0.2, 0) is 0 Å². The molecule has 0 bridgehead atoms. The van der Waals surface area contributed by atoms with Crippen molar-refractivity contribution in [1.82, 2.24) is 0 Å². The van der Waals surface area contributed by atoms with Gasteiger partial charge in [0, 0.05) is 0 Å². The summed E-state index contributed by atoms with van der Waals surface area (Å²) in [6, 6.07) is 2.91.